The third-order valence-corrected chi connectivity index (χ3v) is 2.40. The molecule has 0 bridgehead atoms. The number of allylic oxidation sites excluding steroid dienone is 1. The van der Waals surface area contributed by atoms with Gasteiger partial charge in [0.1, 0.15) is 0 Å². The first-order chi connectivity index (χ1) is 10.0. The Morgan fingerprint density at radius 2 is 1.05 bits per heavy atom. The summed E-state index contributed by atoms with van der Waals surface area (Å²) in [6, 6.07) is 0. The Hall–Kier alpha value is -0.950. The highest BCUT2D eigenvalue weighted by Gasteiger charge is 1.93. The molecule has 6 nitrogen and oxygen atoms in total. The molecule has 0 rings (SSSR count). The highest BCUT2D eigenvalue weighted by molar-refractivity contribution is 5.85. The van der Waals surface area contributed by atoms with Gasteiger partial charge in [0.25, 0.3) is 0 Å². The lowest BCUT2D eigenvalue weighted by Crippen LogP contribution is -1.93. The van der Waals surface area contributed by atoms with Gasteiger partial charge < -0.3 is 25.5 Å². The molecular weight excluding hydrogens is 276 g/mol. The molecule has 0 atom stereocenters. The van der Waals surface area contributed by atoms with E-state index in [-0.39, 0.29) is 26.4 Å². The van der Waals surface area contributed by atoms with Crippen LogP contribution in [0.5, 0.6) is 0 Å². The molecule has 0 heterocycles. The second-order valence-corrected chi connectivity index (χ2v) is 4.29. The van der Waals surface area contributed by atoms with Crippen LogP contribution in [0.15, 0.2) is 11.6 Å². The predicted molar refractivity (Wildman–Crippen MR) is 83.1 cm³/mol. The number of carboxylic acid groups (broad SMARTS) is 1. The highest BCUT2D eigenvalue weighted by atomic mass is 16.4. The number of aliphatic hydroxyl groups excluding tert-OH is 4. The van der Waals surface area contributed by atoms with Crippen molar-refractivity contribution >= 4 is 5.97 Å². The average molecular weight is 308 g/mol. The SMILES string of the molecule is CC=C(C)C(=O)O.OCCCCCO.OCCCCCO. The maximum absolute atomic E-state index is 9.86. The van der Waals surface area contributed by atoms with Gasteiger partial charge in [-0.3, -0.25) is 0 Å². The summed E-state index contributed by atoms with van der Waals surface area (Å²) in [6.45, 7) is 4.26. The second-order valence-electron chi connectivity index (χ2n) is 4.29. The van der Waals surface area contributed by atoms with Crippen LogP contribution < -0.4 is 0 Å². The molecule has 0 saturated carbocycles. The van der Waals surface area contributed by atoms with E-state index in [0.29, 0.717) is 5.57 Å². The van der Waals surface area contributed by atoms with Crippen molar-refractivity contribution in [1.82, 2.24) is 0 Å². The number of hydrogen-bond donors (Lipinski definition) is 5. The molecule has 128 valence electrons. The summed E-state index contributed by atoms with van der Waals surface area (Å²) >= 11 is 0. The van der Waals surface area contributed by atoms with E-state index in [2.05, 4.69) is 0 Å². The van der Waals surface area contributed by atoms with Crippen molar-refractivity contribution in [1.29, 1.82) is 0 Å². The van der Waals surface area contributed by atoms with Crippen LogP contribution in [0.1, 0.15) is 52.4 Å². The van der Waals surface area contributed by atoms with Gasteiger partial charge >= 0.3 is 5.97 Å². The van der Waals surface area contributed by atoms with Gasteiger partial charge in [-0.25, -0.2) is 4.79 Å². The molecule has 0 saturated heterocycles. The Balaban J connectivity index is -0.000000231. The Morgan fingerprint density at radius 3 is 1.14 bits per heavy atom. The van der Waals surface area contributed by atoms with Crippen molar-refractivity contribution in [2.45, 2.75) is 52.4 Å². The maximum Gasteiger partial charge on any atom is 0.330 e. The van der Waals surface area contributed by atoms with Crippen LogP contribution in [0.2, 0.25) is 0 Å². The van der Waals surface area contributed by atoms with Crippen LogP contribution in [0.4, 0.5) is 0 Å². The van der Waals surface area contributed by atoms with E-state index in [1.165, 1.54) is 0 Å². The van der Waals surface area contributed by atoms with Gasteiger partial charge in [-0.05, 0) is 52.4 Å². The fourth-order valence-electron chi connectivity index (χ4n) is 0.924. The van der Waals surface area contributed by atoms with Crippen molar-refractivity contribution in [3.63, 3.8) is 0 Å². The van der Waals surface area contributed by atoms with E-state index in [0.717, 1.165) is 38.5 Å². The molecule has 0 aliphatic rings. The van der Waals surface area contributed by atoms with Crippen LogP contribution in [0.3, 0.4) is 0 Å². The molecule has 0 aliphatic carbocycles. The van der Waals surface area contributed by atoms with E-state index in [4.69, 9.17) is 25.5 Å². The van der Waals surface area contributed by atoms with Gasteiger partial charge in [0.15, 0.2) is 0 Å². The largest absolute Gasteiger partial charge is 0.478 e. The standard InChI is InChI=1S/C5H8O2.2C5H12O2/c1-3-4(2)5(6)7;2*6-4-2-1-3-5-7/h3H,1-2H3,(H,6,7);2*6-7H,1-5H2. The van der Waals surface area contributed by atoms with Crippen molar-refractivity contribution in [2.75, 3.05) is 26.4 Å². The summed E-state index contributed by atoms with van der Waals surface area (Å²) in [5, 5.41) is 41.0. The van der Waals surface area contributed by atoms with Gasteiger partial charge in [0, 0.05) is 32.0 Å². The summed E-state index contributed by atoms with van der Waals surface area (Å²) in [5.41, 5.74) is 0.389. The summed E-state index contributed by atoms with van der Waals surface area (Å²) in [5.74, 6) is -0.845. The van der Waals surface area contributed by atoms with Crippen molar-refractivity contribution in [3.05, 3.63) is 11.6 Å². The van der Waals surface area contributed by atoms with Gasteiger partial charge in [0.2, 0.25) is 0 Å². The molecule has 5 N–H and O–H groups in total. The Bertz CT molecular complexity index is 210. The molecule has 0 fully saturated rings. The van der Waals surface area contributed by atoms with Gasteiger partial charge in [-0.15, -0.1) is 0 Å². The van der Waals surface area contributed by atoms with E-state index in [1.807, 2.05) is 0 Å². The predicted octanol–water partition coefficient (Wildman–Crippen LogP) is 1.32. The molecule has 0 aliphatic heterocycles. The Kier molecular flexibility index (Phi) is 28.7. The quantitative estimate of drug-likeness (QED) is 0.324. The molecule has 0 aromatic rings. The lowest BCUT2D eigenvalue weighted by atomic mass is 10.2. The molecule has 6 heteroatoms. The molecule has 0 aromatic carbocycles. The number of carboxylic acids is 1. The van der Waals surface area contributed by atoms with Crippen molar-refractivity contribution in [3.8, 4) is 0 Å². The van der Waals surface area contributed by atoms with E-state index >= 15 is 0 Å². The lowest BCUT2D eigenvalue weighted by molar-refractivity contribution is -0.132. The monoisotopic (exact) mass is 308 g/mol. The number of carbonyl (C=O) groups is 1. The van der Waals surface area contributed by atoms with Crippen LogP contribution >= 0.6 is 0 Å². The second kappa shape index (κ2) is 24.1. The topological polar surface area (TPSA) is 118 Å². The molecular formula is C15H32O6. The van der Waals surface area contributed by atoms with Gasteiger partial charge in [-0.1, -0.05) is 6.08 Å². The van der Waals surface area contributed by atoms with Crippen LogP contribution in [0.25, 0.3) is 0 Å². The third-order valence-electron chi connectivity index (χ3n) is 2.40. The minimum Gasteiger partial charge on any atom is -0.478 e. The number of unbranched alkanes of at least 4 members (excludes halogenated alkanes) is 4. The normalized spacial score (nSPS) is 10.1. The number of aliphatic hydroxyl groups is 4. The van der Waals surface area contributed by atoms with Crippen molar-refractivity contribution < 1.29 is 30.3 Å². The van der Waals surface area contributed by atoms with Gasteiger partial charge in [-0.2, -0.15) is 0 Å². The van der Waals surface area contributed by atoms with Crippen LogP contribution in [0, 0.1) is 0 Å². The number of hydrogen-bond acceptors (Lipinski definition) is 5. The van der Waals surface area contributed by atoms with Crippen LogP contribution in [-0.4, -0.2) is 57.9 Å². The smallest absolute Gasteiger partial charge is 0.330 e. The molecule has 0 unspecified atom stereocenters. The van der Waals surface area contributed by atoms with E-state index in [9.17, 15) is 4.79 Å². The highest BCUT2D eigenvalue weighted by Crippen LogP contribution is 1.91. The summed E-state index contributed by atoms with van der Waals surface area (Å²) in [7, 11) is 0. The van der Waals surface area contributed by atoms with E-state index in [1.54, 1.807) is 19.9 Å². The number of rotatable bonds is 9. The summed E-state index contributed by atoms with van der Waals surface area (Å²) in [4.78, 5) is 9.86. The first-order valence-electron chi connectivity index (χ1n) is 7.31. The lowest BCUT2D eigenvalue weighted by Gasteiger charge is -1.90. The van der Waals surface area contributed by atoms with E-state index < -0.39 is 5.97 Å². The fourth-order valence-corrected chi connectivity index (χ4v) is 0.924. The zero-order valence-electron chi connectivity index (χ0n) is 13.3. The van der Waals surface area contributed by atoms with Crippen molar-refractivity contribution in [2.24, 2.45) is 0 Å². The zero-order chi connectivity index (χ0) is 16.9. The minimum atomic E-state index is -0.845. The first kappa shape index (κ1) is 25.0. The Labute approximate surface area is 127 Å². The Morgan fingerprint density at radius 1 is 0.762 bits per heavy atom. The minimum absolute atomic E-state index is 0.250. The maximum atomic E-state index is 9.86. The summed E-state index contributed by atoms with van der Waals surface area (Å²) < 4.78 is 0. The number of aliphatic carboxylic acids is 1. The third kappa shape index (κ3) is 32.5. The first-order valence-corrected chi connectivity index (χ1v) is 7.31. The molecule has 0 radical (unpaired) electrons. The zero-order valence-corrected chi connectivity index (χ0v) is 13.3. The molecule has 21 heavy (non-hydrogen) atoms. The fraction of sp³-hybridized carbons (Fsp3) is 0.800. The molecule has 0 spiro atoms. The molecule has 0 aromatic heterocycles. The molecule has 0 amide bonds. The van der Waals surface area contributed by atoms with Gasteiger partial charge in [0.05, 0.1) is 0 Å². The summed E-state index contributed by atoms with van der Waals surface area (Å²) in [6.07, 6.45) is 6.71. The van der Waals surface area contributed by atoms with Crippen LogP contribution in [-0.2, 0) is 4.79 Å². The average Bonchev–Trinajstić information content (AvgIpc) is 2.49.